The summed E-state index contributed by atoms with van der Waals surface area (Å²) in [5, 5.41) is 0. The highest BCUT2D eigenvalue weighted by atomic mass is 16.2. The van der Waals surface area contributed by atoms with Gasteiger partial charge in [-0.25, -0.2) is 0 Å². The first-order chi connectivity index (χ1) is 13.6. The van der Waals surface area contributed by atoms with Crippen LogP contribution in [0.1, 0.15) is 18.2 Å². The summed E-state index contributed by atoms with van der Waals surface area (Å²) < 4.78 is 0. The standard InChI is InChI=1S/C23H23N3O2/c1-19(27)25(17-21-12-8-9-15-24-21)18-23(28)26(22-13-6-3-7-14-22)16-20-10-4-2-5-11-20/h2-15H,16-18H2,1H3. The lowest BCUT2D eigenvalue weighted by molar-refractivity contribution is -0.134. The molecule has 3 rings (SSSR count). The number of para-hydroxylation sites is 1. The van der Waals surface area contributed by atoms with Crippen LogP contribution in [0.4, 0.5) is 5.69 Å². The minimum Gasteiger partial charge on any atom is -0.328 e. The number of hydrogen-bond donors (Lipinski definition) is 0. The van der Waals surface area contributed by atoms with Crippen LogP contribution in [-0.2, 0) is 22.7 Å². The van der Waals surface area contributed by atoms with Gasteiger partial charge in [0, 0.05) is 18.8 Å². The molecule has 0 radical (unpaired) electrons. The predicted octanol–water partition coefficient (Wildman–Crippen LogP) is 3.66. The third kappa shape index (κ3) is 5.27. The number of anilines is 1. The van der Waals surface area contributed by atoms with E-state index in [0.29, 0.717) is 13.1 Å². The van der Waals surface area contributed by atoms with Gasteiger partial charge in [-0.3, -0.25) is 14.6 Å². The topological polar surface area (TPSA) is 53.5 Å². The SMILES string of the molecule is CC(=O)N(CC(=O)N(Cc1ccccc1)c1ccccc1)Cc1ccccn1. The Hall–Kier alpha value is -3.47. The molecule has 0 aliphatic carbocycles. The number of carbonyl (C=O) groups is 2. The van der Waals surface area contributed by atoms with Gasteiger partial charge < -0.3 is 9.80 Å². The number of nitrogens with zero attached hydrogens (tertiary/aromatic N) is 3. The lowest BCUT2D eigenvalue weighted by atomic mass is 10.2. The second-order valence-corrected chi connectivity index (χ2v) is 6.50. The minimum atomic E-state index is -0.160. The van der Waals surface area contributed by atoms with Crippen LogP contribution in [-0.4, -0.2) is 28.2 Å². The van der Waals surface area contributed by atoms with Crippen molar-refractivity contribution in [3.8, 4) is 0 Å². The van der Waals surface area contributed by atoms with Crippen LogP contribution in [0.3, 0.4) is 0 Å². The molecule has 0 atom stereocenters. The smallest absolute Gasteiger partial charge is 0.246 e. The largest absolute Gasteiger partial charge is 0.328 e. The zero-order valence-corrected chi connectivity index (χ0v) is 15.9. The number of benzene rings is 2. The third-order valence-electron chi connectivity index (χ3n) is 4.40. The van der Waals surface area contributed by atoms with Crippen molar-refractivity contribution in [1.82, 2.24) is 9.88 Å². The summed E-state index contributed by atoms with van der Waals surface area (Å²) in [6, 6.07) is 24.9. The molecule has 0 saturated heterocycles. The molecule has 0 saturated carbocycles. The van der Waals surface area contributed by atoms with Gasteiger partial charge >= 0.3 is 0 Å². The van der Waals surface area contributed by atoms with E-state index in [4.69, 9.17) is 0 Å². The monoisotopic (exact) mass is 373 g/mol. The van der Waals surface area contributed by atoms with E-state index in [9.17, 15) is 9.59 Å². The van der Waals surface area contributed by atoms with Crippen molar-refractivity contribution in [3.05, 3.63) is 96.3 Å². The van der Waals surface area contributed by atoms with Gasteiger partial charge in [-0.05, 0) is 29.8 Å². The van der Waals surface area contributed by atoms with E-state index >= 15 is 0 Å². The first kappa shape index (κ1) is 19.3. The molecule has 2 amide bonds. The summed E-state index contributed by atoms with van der Waals surface area (Å²) in [5.74, 6) is -0.298. The molecule has 0 bridgehead atoms. The van der Waals surface area contributed by atoms with Gasteiger partial charge in [0.05, 0.1) is 18.8 Å². The number of aromatic nitrogens is 1. The van der Waals surface area contributed by atoms with Gasteiger partial charge in [-0.2, -0.15) is 0 Å². The third-order valence-corrected chi connectivity index (χ3v) is 4.40. The Morgan fingerprint density at radius 3 is 2.07 bits per heavy atom. The van der Waals surface area contributed by atoms with Gasteiger partial charge in [0.15, 0.2) is 0 Å². The summed E-state index contributed by atoms with van der Waals surface area (Å²) in [4.78, 5) is 32.8. The van der Waals surface area contributed by atoms with Crippen LogP contribution in [0.15, 0.2) is 85.1 Å². The van der Waals surface area contributed by atoms with Crippen molar-refractivity contribution >= 4 is 17.5 Å². The quantitative estimate of drug-likeness (QED) is 0.635. The number of rotatable bonds is 7. The molecule has 28 heavy (non-hydrogen) atoms. The Morgan fingerprint density at radius 2 is 1.46 bits per heavy atom. The lowest BCUT2D eigenvalue weighted by Gasteiger charge is -2.27. The highest BCUT2D eigenvalue weighted by Crippen LogP contribution is 2.18. The van der Waals surface area contributed by atoms with Crippen LogP contribution in [0.5, 0.6) is 0 Å². The van der Waals surface area contributed by atoms with Crippen LogP contribution in [0, 0.1) is 0 Å². The van der Waals surface area contributed by atoms with Crippen molar-refractivity contribution in [1.29, 1.82) is 0 Å². The number of amides is 2. The van der Waals surface area contributed by atoms with E-state index in [0.717, 1.165) is 16.9 Å². The van der Waals surface area contributed by atoms with Crippen molar-refractivity contribution in [2.45, 2.75) is 20.0 Å². The zero-order chi connectivity index (χ0) is 19.8. The predicted molar refractivity (Wildman–Crippen MR) is 109 cm³/mol. The van der Waals surface area contributed by atoms with Crippen molar-refractivity contribution < 1.29 is 9.59 Å². The number of carbonyl (C=O) groups excluding carboxylic acids is 2. The molecule has 0 N–H and O–H groups in total. The molecule has 5 heteroatoms. The summed E-state index contributed by atoms with van der Waals surface area (Å²) >= 11 is 0. The molecule has 0 fully saturated rings. The van der Waals surface area contributed by atoms with Crippen molar-refractivity contribution in [3.63, 3.8) is 0 Å². The Labute approximate surface area is 165 Å². The van der Waals surface area contributed by atoms with E-state index in [-0.39, 0.29) is 18.4 Å². The molecule has 142 valence electrons. The lowest BCUT2D eigenvalue weighted by Crippen LogP contribution is -2.42. The fraction of sp³-hybridized carbons (Fsp3) is 0.174. The second-order valence-electron chi connectivity index (χ2n) is 6.50. The maximum absolute atomic E-state index is 13.2. The average Bonchev–Trinajstić information content (AvgIpc) is 2.73. The van der Waals surface area contributed by atoms with Gasteiger partial charge in [0.25, 0.3) is 0 Å². The minimum absolute atomic E-state index is 0.00631. The van der Waals surface area contributed by atoms with Gasteiger partial charge in [-0.1, -0.05) is 54.6 Å². The summed E-state index contributed by atoms with van der Waals surface area (Å²) in [5.41, 5.74) is 2.58. The first-order valence-corrected chi connectivity index (χ1v) is 9.18. The fourth-order valence-corrected chi connectivity index (χ4v) is 2.91. The maximum atomic E-state index is 13.2. The second kappa shape index (κ2) is 9.46. The van der Waals surface area contributed by atoms with Crippen LogP contribution in [0.25, 0.3) is 0 Å². The average molecular weight is 373 g/mol. The van der Waals surface area contributed by atoms with E-state index in [1.807, 2.05) is 78.9 Å². The van der Waals surface area contributed by atoms with E-state index in [2.05, 4.69) is 4.98 Å². The Morgan fingerprint density at radius 1 is 0.821 bits per heavy atom. The number of hydrogen-bond acceptors (Lipinski definition) is 3. The molecule has 0 spiro atoms. The summed E-state index contributed by atoms with van der Waals surface area (Å²) in [7, 11) is 0. The molecular formula is C23H23N3O2. The fourth-order valence-electron chi connectivity index (χ4n) is 2.91. The van der Waals surface area contributed by atoms with Crippen molar-refractivity contribution in [2.24, 2.45) is 0 Å². The van der Waals surface area contributed by atoms with Crippen LogP contribution >= 0.6 is 0 Å². The molecule has 3 aromatic rings. The van der Waals surface area contributed by atoms with Gasteiger partial charge in [0.2, 0.25) is 11.8 Å². The Balaban J connectivity index is 1.80. The van der Waals surface area contributed by atoms with Crippen LogP contribution in [0.2, 0.25) is 0 Å². The van der Waals surface area contributed by atoms with Gasteiger partial charge in [-0.15, -0.1) is 0 Å². The molecular weight excluding hydrogens is 350 g/mol. The van der Waals surface area contributed by atoms with Crippen LogP contribution < -0.4 is 4.90 Å². The van der Waals surface area contributed by atoms with E-state index < -0.39 is 0 Å². The molecule has 0 unspecified atom stereocenters. The van der Waals surface area contributed by atoms with Gasteiger partial charge in [0.1, 0.15) is 6.54 Å². The first-order valence-electron chi connectivity index (χ1n) is 9.18. The molecule has 0 aliphatic heterocycles. The maximum Gasteiger partial charge on any atom is 0.246 e. The summed E-state index contributed by atoms with van der Waals surface area (Å²) in [6.45, 7) is 2.21. The summed E-state index contributed by atoms with van der Waals surface area (Å²) in [6.07, 6.45) is 1.68. The Kier molecular flexibility index (Phi) is 6.52. The normalized spacial score (nSPS) is 10.3. The molecule has 2 aromatic carbocycles. The highest BCUT2D eigenvalue weighted by molar-refractivity contribution is 5.96. The number of pyridine rings is 1. The zero-order valence-electron chi connectivity index (χ0n) is 15.9. The molecule has 1 heterocycles. The molecule has 5 nitrogen and oxygen atoms in total. The van der Waals surface area contributed by atoms with Crippen molar-refractivity contribution in [2.75, 3.05) is 11.4 Å². The molecule has 1 aromatic heterocycles. The van der Waals surface area contributed by atoms with E-state index in [1.54, 1.807) is 11.1 Å². The highest BCUT2D eigenvalue weighted by Gasteiger charge is 2.21. The van der Waals surface area contributed by atoms with E-state index in [1.165, 1.54) is 11.8 Å². The molecule has 0 aliphatic rings. The Bertz CT molecular complexity index is 899.